The first kappa shape index (κ1) is 12.7. The summed E-state index contributed by atoms with van der Waals surface area (Å²) in [5.74, 6) is 0.893. The number of benzene rings is 1. The summed E-state index contributed by atoms with van der Waals surface area (Å²) in [6.45, 7) is 7.98. The molecule has 0 unspecified atom stereocenters. The molecule has 0 saturated carbocycles. The Balaban J connectivity index is 2.52. The molecule has 1 aliphatic rings. The third-order valence-electron chi connectivity index (χ3n) is 3.98. The van der Waals surface area contributed by atoms with Gasteiger partial charge in [0, 0.05) is 10.6 Å². The van der Waals surface area contributed by atoms with Crippen LogP contribution >= 0.6 is 11.6 Å². The lowest BCUT2D eigenvalue weighted by Gasteiger charge is -2.27. The smallest absolute Gasteiger partial charge is 0.122 e. The summed E-state index contributed by atoms with van der Waals surface area (Å²) in [7, 11) is 0. The number of halogens is 1. The van der Waals surface area contributed by atoms with Crippen molar-refractivity contribution in [2.45, 2.75) is 39.5 Å². The number of phenols is 1. The van der Waals surface area contributed by atoms with E-state index in [1.807, 2.05) is 20.8 Å². The van der Waals surface area contributed by atoms with Crippen LogP contribution in [0.15, 0.2) is 0 Å². The van der Waals surface area contributed by atoms with E-state index in [1.54, 1.807) is 0 Å². The van der Waals surface area contributed by atoms with Crippen LogP contribution in [0.25, 0.3) is 0 Å². The van der Waals surface area contributed by atoms with E-state index in [0.717, 1.165) is 53.2 Å². The second-order valence-electron chi connectivity index (χ2n) is 4.98. The molecule has 1 fully saturated rings. The normalized spacial score (nSPS) is 17.4. The molecule has 1 aliphatic heterocycles. The fourth-order valence-electron chi connectivity index (χ4n) is 2.73. The number of rotatable bonds is 1. The second-order valence-corrected chi connectivity index (χ2v) is 5.35. The van der Waals surface area contributed by atoms with E-state index in [9.17, 15) is 5.11 Å². The van der Waals surface area contributed by atoms with Gasteiger partial charge in [0.2, 0.25) is 0 Å². The van der Waals surface area contributed by atoms with Gasteiger partial charge in [0.15, 0.2) is 0 Å². The molecule has 2 N–H and O–H groups in total. The van der Waals surface area contributed by atoms with Gasteiger partial charge < -0.3 is 10.4 Å². The minimum absolute atomic E-state index is 0.438. The number of piperidine rings is 1. The van der Waals surface area contributed by atoms with Crippen LogP contribution in [-0.2, 0) is 0 Å². The predicted molar refractivity (Wildman–Crippen MR) is 72.2 cm³/mol. The summed E-state index contributed by atoms with van der Waals surface area (Å²) in [4.78, 5) is 0. The molecule has 1 saturated heterocycles. The Morgan fingerprint density at radius 2 is 1.65 bits per heavy atom. The Bertz CT molecular complexity index is 407. The van der Waals surface area contributed by atoms with Crippen LogP contribution in [0.4, 0.5) is 0 Å². The molecule has 0 spiro atoms. The van der Waals surface area contributed by atoms with E-state index in [0.29, 0.717) is 11.7 Å². The van der Waals surface area contributed by atoms with Crippen LogP contribution in [0, 0.1) is 20.8 Å². The molecule has 17 heavy (non-hydrogen) atoms. The van der Waals surface area contributed by atoms with Crippen LogP contribution in [0.5, 0.6) is 5.75 Å². The Hall–Kier alpha value is -0.730. The Morgan fingerprint density at radius 1 is 1.06 bits per heavy atom. The van der Waals surface area contributed by atoms with Crippen molar-refractivity contribution in [3.05, 3.63) is 27.3 Å². The molecule has 1 aromatic rings. The molecule has 0 radical (unpaired) electrons. The van der Waals surface area contributed by atoms with Crippen molar-refractivity contribution in [2.75, 3.05) is 13.1 Å². The fourth-order valence-corrected chi connectivity index (χ4v) is 2.97. The van der Waals surface area contributed by atoms with Gasteiger partial charge in [0.1, 0.15) is 5.75 Å². The maximum atomic E-state index is 10.4. The lowest BCUT2D eigenvalue weighted by molar-refractivity contribution is 0.420. The van der Waals surface area contributed by atoms with Crippen molar-refractivity contribution in [2.24, 2.45) is 0 Å². The van der Waals surface area contributed by atoms with Gasteiger partial charge in [-0.1, -0.05) is 11.6 Å². The summed E-state index contributed by atoms with van der Waals surface area (Å²) >= 11 is 6.35. The van der Waals surface area contributed by atoms with Gasteiger partial charge in [0.05, 0.1) is 0 Å². The van der Waals surface area contributed by atoms with Gasteiger partial charge >= 0.3 is 0 Å². The maximum Gasteiger partial charge on any atom is 0.122 e. The van der Waals surface area contributed by atoms with Crippen molar-refractivity contribution in [3.63, 3.8) is 0 Å². The highest BCUT2D eigenvalue weighted by atomic mass is 35.5. The van der Waals surface area contributed by atoms with Crippen molar-refractivity contribution in [1.82, 2.24) is 5.32 Å². The van der Waals surface area contributed by atoms with Crippen LogP contribution in [0.2, 0.25) is 5.02 Å². The fraction of sp³-hybridized carbons (Fsp3) is 0.571. The standard InChI is InChI=1S/C14H20ClNO/c1-8-9(2)14(17)12(10(3)13(8)15)11-4-6-16-7-5-11/h11,16-17H,4-7H2,1-3H3. The number of phenolic OH excluding ortho intramolecular Hbond substituents is 1. The zero-order valence-corrected chi connectivity index (χ0v) is 11.5. The highest BCUT2D eigenvalue weighted by Crippen LogP contribution is 2.41. The third kappa shape index (κ3) is 2.16. The third-order valence-corrected chi connectivity index (χ3v) is 4.55. The molecule has 0 amide bonds. The Morgan fingerprint density at radius 3 is 2.24 bits per heavy atom. The zero-order chi connectivity index (χ0) is 12.6. The molecule has 0 bridgehead atoms. The first-order chi connectivity index (χ1) is 8.04. The number of aromatic hydroxyl groups is 1. The minimum atomic E-state index is 0.438. The molecular weight excluding hydrogens is 234 g/mol. The molecule has 2 nitrogen and oxygen atoms in total. The lowest BCUT2D eigenvalue weighted by Crippen LogP contribution is -2.27. The summed E-state index contributed by atoms with van der Waals surface area (Å²) in [6.07, 6.45) is 2.15. The predicted octanol–water partition coefficient (Wildman–Crippen LogP) is 3.44. The monoisotopic (exact) mass is 253 g/mol. The number of nitrogens with one attached hydrogen (secondary N) is 1. The lowest BCUT2D eigenvalue weighted by atomic mass is 9.84. The molecule has 94 valence electrons. The molecule has 3 heteroatoms. The highest BCUT2D eigenvalue weighted by Gasteiger charge is 2.24. The van der Waals surface area contributed by atoms with E-state index in [-0.39, 0.29) is 0 Å². The minimum Gasteiger partial charge on any atom is -0.507 e. The Labute approximate surface area is 108 Å². The van der Waals surface area contributed by atoms with Gasteiger partial charge in [-0.3, -0.25) is 0 Å². The van der Waals surface area contributed by atoms with E-state index in [4.69, 9.17) is 11.6 Å². The van der Waals surface area contributed by atoms with Gasteiger partial charge in [0.25, 0.3) is 0 Å². The number of hydrogen-bond donors (Lipinski definition) is 2. The quantitative estimate of drug-likeness (QED) is 0.804. The zero-order valence-electron chi connectivity index (χ0n) is 10.7. The van der Waals surface area contributed by atoms with E-state index >= 15 is 0 Å². The molecule has 0 aliphatic carbocycles. The number of hydrogen-bond acceptors (Lipinski definition) is 2. The van der Waals surface area contributed by atoms with Crippen molar-refractivity contribution in [3.8, 4) is 5.75 Å². The molecular formula is C14H20ClNO. The molecule has 0 aromatic heterocycles. The van der Waals surface area contributed by atoms with Gasteiger partial charge in [-0.25, -0.2) is 0 Å². The second kappa shape index (κ2) is 4.87. The summed E-state index contributed by atoms with van der Waals surface area (Å²) < 4.78 is 0. The molecule has 2 rings (SSSR count). The van der Waals surface area contributed by atoms with Gasteiger partial charge in [-0.05, 0) is 69.3 Å². The van der Waals surface area contributed by atoms with Crippen molar-refractivity contribution in [1.29, 1.82) is 0 Å². The largest absolute Gasteiger partial charge is 0.507 e. The summed E-state index contributed by atoms with van der Waals surface area (Å²) in [5.41, 5.74) is 4.05. The van der Waals surface area contributed by atoms with E-state index in [2.05, 4.69) is 5.32 Å². The van der Waals surface area contributed by atoms with Crippen LogP contribution in [0.1, 0.15) is 41.0 Å². The van der Waals surface area contributed by atoms with Crippen LogP contribution < -0.4 is 5.32 Å². The molecule has 1 heterocycles. The topological polar surface area (TPSA) is 32.3 Å². The van der Waals surface area contributed by atoms with Crippen LogP contribution in [0.3, 0.4) is 0 Å². The Kier molecular flexibility index (Phi) is 3.64. The summed E-state index contributed by atoms with van der Waals surface area (Å²) in [6, 6.07) is 0. The average Bonchev–Trinajstić information content (AvgIpc) is 2.36. The van der Waals surface area contributed by atoms with Gasteiger partial charge in [-0.2, -0.15) is 0 Å². The van der Waals surface area contributed by atoms with Crippen molar-refractivity contribution >= 4 is 11.6 Å². The average molecular weight is 254 g/mol. The van der Waals surface area contributed by atoms with Crippen molar-refractivity contribution < 1.29 is 5.11 Å². The first-order valence-electron chi connectivity index (χ1n) is 6.22. The SMILES string of the molecule is Cc1c(C)c(Cl)c(C)c(C2CCNCC2)c1O. The molecule has 1 aromatic carbocycles. The maximum absolute atomic E-state index is 10.4. The van der Waals surface area contributed by atoms with E-state index in [1.165, 1.54) is 0 Å². The van der Waals surface area contributed by atoms with E-state index < -0.39 is 0 Å². The molecule has 0 atom stereocenters. The van der Waals surface area contributed by atoms with Crippen LogP contribution in [-0.4, -0.2) is 18.2 Å². The van der Waals surface area contributed by atoms with Gasteiger partial charge in [-0.15, -0.1) is 0 Å². The highest BCUT2D eigenvalue weighted by molar-refractivity contribution is 6.32. The first-order valence-corrected chi connectivity index (χ1v) is 6.60. The summed E-state index contributed by atoms with van der Waals surface area (Å²) in [5, 5.41) is 14.5.